The van der Waals surface area contributed by atoms with Gasteiger partial charge < -0.3 is 28.4 Å². The lowest BCUT2D eigenvalue weighted by Crippen LogP contribution is -2.38. The minimum Gasteiger partial charge on any atom is -0.392 e. The van der Waals surface area contributed by atoms with Gasteiger partial charge in [-0.05, 0) is 72.2 Å². The van der Waals surface area contributed by atoms with E-state index in [4.69, 9.17) is 28.4 Å². The predicted molar refractivity (Wildman–Crippen MR) is 161 cm³/mol. The number of rotatable bonds is 13. The quantitative estimate of drug-likeness (QED) is 0.120. The van der Waals surface area contributed by atoms with Gasteiger partial charge in [-0.2, -0.15) is 0 Å². The van der Waals surface area contributed by atoms with Crippen molar-refractivity contribution in [1.29, 1.82) is 0 Å². The van der Waals surface area contributed by atoms with E-state index in [0.29, 0.717) is 19.6 Å². The lowest BCUT2D eigenvalue weighted by atomic mass is 9.88. The van der Waals surface area contributed by atoms with Crippen molar-refractivity contribution in [1.82, 2.24) is 0 Å². The average molecular weight is 583 g/mol. The molecule has 0 aliphatic carbocycles. The van der Waals surface area contributed by atoms with E-state index in [0.717, 1.165) is 24.1 Å². The second-order valence-corrected chi connectivity index (χ2v) is 13.2. The Bertz CT molecular complexity index is 1290. The summed E-state index contributed by atoms with van der Waals surface area (Å²) in [6, 6.07) is 8.22. The van der Waals surface area contributed by atoms with Crippen LogP contribution in [0.2, 0.25) is 6.04 Å². The highest BCUT2D eigenvalue weighted by atomic mass is 28.4. The lowest BCUT2D eigenvalue weighted by molar-refractivity contribution is -0.697. The molecular weight excluding hydrogens is 541 g/mol. The van der Waals surface area contributed by atoms with Gasteiger partial charge >= 0.3 is 18.3 Å². The molecule has 3 rings (SSSR count). The zero-order valence-corrected chi connectivity index (χ0v) is 25.9. The highest BCUT2D eigenvalue weighted by Gasteiger charge is 2.26. The second-order valence-electron chi connectivity index (χ2n) is 10.2. The van der Waals surface area contributed by atoms with Crippen LogP contribution in [-0.4, -0.2) is 48.9 Å². The molecule has 0 fully saturated rings. The highest BCUT2D eigenvalue weighted by Crippen LogP contribution is 2.29. The molecule has 0 saturated carbocycles. The summed E-state index contributed by atoms with van der Waals surface area (Å²) in [4.78, 5) is 45.3. The van der Waals surface area contributed by atoms with Crippen LogP contribution in [0.15, 0.2) is 49.1 Å². The van der Waals surface area contributed by atoms with Crippen molar-refractivity contribution in [3.05, 3.63) is 93.6 Å². The van der Waals surface area contributed by atoms with Gasteiger partial charge in [0, 0.05) is 49.8 Å². The molecule has 0 saturated heterocycles. The smallest absolute Gasteiger partial charge is 0.392 e. The Labute approximate surface area is 239 Å². The fraction of sp³-hybridized carbons (Fsp3) is 0.333. The first kappa shape index (κ1) is 31.7. The molecule has 1 aromatic carbocycles. The van der Waals surface area contributed by atoms with Gasteiger partial charge in [0.2, 0.25) is 0 Å². The van der Waals surface area contributed by atoms with Crippen molar-refractivity contribution in [2.45, 2.75) is 59.7 Å². The molecule has 0 amide bonds. The first-order valence-corrected chi connectivity index (χ1v) is 17.1. The molecule has 3 aromatic rings. The Kier molecular flexibility index (Phi) is 11.7. The number of hydrogen-bond acceptors (Lipinski definition) is 6. The molecule has 0 aliphatic rings. The van der Waals surface area contributed by atoms with Gasteiger partial charge in [-0.3, -0.25) is 0 Å². The van der Waals surface area contributed by atoms with E-state index >= 15 is 0 Å². The van der Waals surface area contributed by atoms with Crippen molar-refractivity contribution in [3.8, 4) is 0 Å². The number of aryl methyl sites for hydroxylation is 2. The summed E-state index contributed by atoms with van der Waals surface area (Å²) < 4.78 is 8.91. The van der Waals surface area contributed by atoms with Crippen molar-refractivity contribution in [2.75, 3.05) is 6.61 Å². The van der Waals surface area contributed by atoms with Crippen LogP contribution in [0, 0.1) is 27.7 Å². The molecular formula is C30H42N2O6Si2+2. The van der Waals surface area contributed by atoms with Crippen LogP contribution in [0.1, 0.15) is 57.3 Å². The van der Waals surface area contributed by atoms with Crippen LogP contribution in [-0.2, 0) is 17.5 Å². The Balaban J connectivity index is 1.68. The Hall–Kier alpha value is -2.81. The van der Waals surface area contributed by atoms with Crippen LogP contribution in [0.3, 0.4) is 0 Å². The minimum atomic E-state index is -3.97. The fourth-order valence-electron chi connectivity index (χ4n) is 4.62. The maximum Gasteiger partial charge on any atom is 0.492 e. The second kappa shape index (κ2) is 14.7. The number of hydrogen-bond donors (Lipinski definition) is 5. The van der Waals surface area contributed by atoms with Crippen molar-refractivity contribution >= 4 is 42.6 Å². The maximum absolute atomic E-state index is 9.17. The van der Waals surface area contributed by atoms with Crippen molar-refractivity contribution in [3.63, 3.8) is 0 Å². The normalized spacial score (nSPS) is 12.3. The molecule has 2 aromatic heterocycles. The number of nitrogens with zero attached hydrogens (tertiary/aromatic N) is 2. The van der Waals surface area contributed by atoms with E-state index in [1.807, 2.05) is 41.5 Å². The summed E-state index contributed by atoms with van der Waals surface area (Å²) in [6.07, 6.45) is 17.8. The van der Waals surface area contributed by atoms with Gasteiger partial charge in [0.25, 0.3) is 0 Å². The molecule has 214 valence electrons. The zero-order valence-electron chi connectivity index (χ0n) is 23.8. The molecule has 0 aliphatic heterocycles. The van der Waals surface area contributed by atoms with E-state index in [-0.39, 0.29) is 6.04 Å². The Morgan fingerprint density at radius 1 is 0.675 bits per heavy atom. The molecule has 40 heavy (non-hydrogen) atoms. The van der Waals surface area contributed by atoms with Crippen LogP contribution in [0.5, 0.6) is 0 Å². The van der Waals surface area contributed by atoms with Crippen LogP contribution in [0.4, 0.5) is 0 Å². The lowest BCUT2D eigenvalue weighted by Gasteiger charge is -2.17. The molecule has 0 radical (unpaired) electrons. The summed E-state index contributed by atoms with van der Waals surface area (Å²) in [5.41, 5.74) is 9.64. The number of aromatic nitrogens is 2. The molecule has 10 heteroatoms. The number of benzene rings is 1. The SMILES string of the molecule is Cc1c(C)c(C=Cc2cc[n+](CCC[Si](O)(O)O)cc2)c(C)c(C)c1C=Cc1cc[n+](CCCO[SiH](O)O)cc1. The third-order valence-electron chi connectivity index (χ3n) is 7.22. The Morgan fingerprint density at radius 3 is 1.45 bits per heavy atom. The zero-order chi connectivity index (χ0) is 29.3. The molecule has 8 nitrogen and oxygen atoms in total. The first-order valence-electron chi connectivity index (χ1n) is 13.5. The largest absolute Gasteiger partial charge is 0.492 e. The molecule has 0 spiro atoms. The summed E-state index contributed by atoms with van der Waals surface area (Å²) >= 11 is 0. The topological polar surface area (TPSA) is 118 Å². The monoisotopic (exact) mass is 582 g/mol. The van der Waals surface area contributed by atoms with E-state index in [1.54, 1.807) is 0 Å². The van der Waals surface area contributed by atoms with Gasteiger partial charge in [0.1, 0.15) is 6.54 Å². The standard InChI is InChI=1S/C30H42N2O6Si2/c1-23-25(3)30(10-8-28-13-19-32(20-14-28)16-6-22-40(35,36)37)26(4)24(2)29(23)9-7-27-11-17-31(18-12-27)15-5-21-38-39(33)34/h7-14,17-20,33-37,39H,5-6,15-16,21-22H2,1-4H3/q+2. The number of pyridine rings is 2. The van der Waals surface area contributed by atoms with E-state index < -0.39 is 18.3 Å². The van der Waals surface area contributed by atoms with E-state index in [9.17, 15) is 0 Å². The maximum atomic E-state index is 9.17. The summed E-state index contributed by atoms with van der Waals surface area (Å²) in [5, 5.41) is 0. The van der Waals surface area contributed by atoms with Crippen LogP contribution in [0.25, 0.3) is 24.3 Å². The summed E-state index contributed by atoms with van der Waals surface area (Å²) in [5.74, 6) is 0. The van der Waals surface area contributed by atoms with Gasteiger partial charge in [-0.25, -0.2) is 9.13 Å². The molecule has 0 atom stereocenters. The first-order chi connectivity index (χ1) is 18.9. The molecule has 2 heterocycles. The van der Waals surface area contributed by atoms with Gasteiger partial charge in [0.05, 0.1) is 0 Å². The fourth-order valence-corrected chi connectivity index (χ4v) is 5.63. The summed E-state index contributed by atoms with van der Waals surface area (Å²) in [7, 11) is -6.90. The summed E-state index contributed by atoms with van der Waals surface area (Å²) in [6.45, 7) is 10.4. The molecule has 0 unspecified atom stereocenters. The van der Waals surface area contributed by atoms with Gasteiger partial charge in [-0.1, -0.05) is 24.3 Å². The van der Waals surface area contributed by atoms with Crippen LogP contribution >= 0.6 is 0 Å². The van der Waals surface area contributed by atoms with Crippen molar-refractivity contribution < 1.29 is 37.5 Å². The molecule has 0 bridgehead atoms. The third-order valence-corrected chi connectivity index (χ3v) is 8.77. The van der Waals surface area contributed by atoms with Crippen LogP contribution < -0.4 is 9.13 Å². The highest BCUT2D eigenvalue weighted by molar-refractivity contribution is 6.56. The van der Waals surface area contributed by atoms with Crippen molar-refractivity contribution in [2.24, 2.45) is 0 Å². The minimum absolute atomic E-state index is 0.0341. The predicted octanol–water partition coefficient (Wildman–Crippen LogP) is 2.25. The molecule has 5 N–H and O–H groups in total. The van der Waals surface area contributed by atoms with Gasteiger partial charge in [0.15, 0.2) is 31.3 Å². The van der Waals surface area contributed by atoms with Gasteiger partial charge in [-0.15, -0.1) is 0 Å². The third kappa shape index (κ3) is 9.68. The Morgan fingerprint density at radius 2 is 1.07 bits per heavy atom. The van der Waals surface area contributed by atoms with E-state index in [2.05, 4.69) is 68.7 Å². The average Bonchev–Trinajstić information content (AvgIpc) is 2.91. The van der Waals surface area contributed by atoms with E-state index in [1.165, 1.54) is 33.4 Å².